The molecule has 0 unspecified atom stereocenters. The first-order chi connectivity index (χ1) is 13.0. The van der Waals surface area contributed by atoms with Gasteiger partial charge in [0, 0.05) is 11.3 Å². The highest BCUT2D eigenvalue weighted by Gasteiger charge is 2.22. The molecule has 2 aromatic carbocycles. The summed E-state index contributed by atoms with van der Waals surface area (Å²) in [6, 6.07) is 11.1. The summed E-state index contributed by atoms with van der Waals surface area (Å²) >= 11 is 0. The molecular weight excluding hydrogens is 353 g/mol. The first kappa shape index (κ1) is 20.1. The number of benzene rings is 2. The number of rotatable bonds is 7. The summed E-state index contributed by atoms with van der Waals surface area (Å²) in [5.41, 5.74) is 0.937. The van der Waals surface area contributed by atoms with Gasteiger partial charge in [0.1, 0.15) is 12.4 Å². The number of halogens is 1. The van der Waals surface area contributed by atoms with Crippen LogP contribution < -0.4 is 4.90 Å². The van der Waals surface area contributed by atoms with Crippen LogP contribution in [0.25, 0.3) is 0 Å². The van der Waals surface area contributed by atoms with E-state index >= 15 is 0 Å². The van der Waals surface area contributed by atoms with E-state index in [4.69, 9.17) is 9.47 Å². The van der Waals surface area contributed by atoms with Crippen LogP contribution in [-0.4, -0.2) is 37.6 Å². The topological polar surface area (TPSA) is 72.9 Å². The molecule has 0 bridgehead atoms. The smallest absolute Gasteiger partial charge is 0.338 e. The molecule has 7 heteroatoms. The Hall–Kier alpha value is -3.22. The van der Waals surface area contributed by atoms with Gasteiger partial charge in [-0.15, -0.1) is 0 Å². The summed E-state index contributed by atoms with van der Waals surface area (Å²) in [5.74, 6) is -2.03. The van der Waals surface area contributed by atoms with Crippen molar-refractivity contribution in [3.05, 3.63) is 65.5 Å². The van der Waals surface area contributed by atoms with E-state index in [0.29, 0.717) is 11.3 Å². The van der Waals surface area contributed by atoms with E-state index in [1.807, 2.05) is 0 Å². The van der Waals surface area contributed by atoms with E-state index in [9.17, 15) is 18.8 Å². The van der Waals surface area contributed by atoms with Crippen molar-refractivity contribution in [2.45, 2.75) is 13.8 Å². The summed E-state index contributed by atoms with van der Waals surface area (Å²) in [7, 11) is 0. The van der Waals surface area contributed by atoms with Crippen molar-refractivity contribution < 1.29 is 28.2 Å². The zero-order valence-corrected chi connectivity index (χ0v) is 15.1. The number of ether oxygens (including phenoxy) is 2. The molecule has 0 spiro atoms. The Morgan fingerprint density at radius 2 is 1.41 bits per heavy atom. The van der Waals surface area contributed by atoms with E-state index < -0.39 is 23.7 Å². The summed E-state index contributed by atoms with van der Waals surface area (Å²) in [4.78, 5) is 37.7. The van der Waals surface area contributed by atoms with Crippen LogP contribution in [0.3, 0.4) is 0 Å². The minimum atomic E-state index is -0.581. The Morgan fingerprint density at radius 3 is 1.96 bits per heavy atom. The van der Waals surface area contributed by atoms with Crippen LogP contribution in [0.2, 0.25) is 0 Å². The first-order valence-electron chi connectivity index (χ1n) is 8.46. The number of esters is 2. The molecule has 0 aromatic heterocycles. The average molecular weight is 373 g/mol. The number of carbonyl (C=O) groups excluding carboxylic acids is 3. The summed E-state index contributed by atoms with van der Waals surface area (Å²) < 4.78 is 23.0. The van der Waals surface area contributed by atoms with Gasteiger partial charge in [-0.1, -0.05) is 0 Å². The fourth-order valence-corrected chi connectivity index (χ4v) is 2.36. The van der Waals surface area contributed by atoms with Gasteiger partial charge >= 0.3 is 11.9 Å². The average Bonchev–Trinajstić information content (AvgIpc) is 2.67. The van der Waals surface area contributed by atoms with Crippen LogP contribution in [-0.2, 0) is 14.3 Å². The quantitative estimate of drug-likeness (QED) is 0.697. The van der Waals surface area contributed by atoms with Gasteiger partial charge in [0.05, 0.1) is 18.8 Å². The number of anilines is 1. The number of carbonyl (C=O) groups is 3. The van der Waals surface area contributed by atoms with E-state index in [-0.39, 0.29) is 25.3 Å². The fraction of sp³-hybridized carbons (Fsp3) is 0.250. The second kappa shape index (κ2) is 9.47. The molecule has 0 atom stereocenters. The Morgan fingerprint density at radius 1 is 0.852 bits per heavy atom. The summed E-state index contributed by atoms with van der Waals surface area (Å²) in [6.07, 6.45) is 0. The molecule has 0 saturated carbocycles. The molecule has 0 N–H and O–H groups in total. The molecule has 27 heavy (non-hydrogen) atoms. The van der Waals surface area contributed by atoms with Crippen LogP contribution in [0.5, 0.6) is 0 Å². The van der Waals surface area contributed by atoms with E-state index in [2.05, 4.69) is 0 Å². The number of hydrogen-bond acceptors (Lipinski definition) is 5. The number of amides is 1. The van der Waals surface area contributed by atoms with Crippen molar-refractivity contribution >= 4 is 23.5 Å². The van der Waals surface area contributed by atoms with E-state index in [0.717, 1.165) is 0 Å². The molecule has 0 heterocycles. The molecule has 2 rings (SSSR count). The Balaban J connectivity index is 2.31. The normalized spacial score (nSPS) is 10.2. The molecule has 0 fully saturated rings. The molecule has 0 saturated heterocycles. The molecule has 0 aliphatic heterocycles. The minimum absolute atomic E-state index is 0.180. The lowest BCUT2D eigenvalue weighted by molar-refractivity contribution is -0.141. The van der Waals surface area contributed by atoms with Gasteiger partial charge in [0.2, 0.25) is 0 Å². The Bertz CT molecular complexity index is 802. The van der Waals surface area contributed by atoms with Gasteiger partial charge in [-0.25, -0.2) is 9.18 Å². The number of hydrogen-bond donors (Lipinski definition) is 0. The van der Waals surface area contributed by atoms with Gasteiger partial charge in [-0.05, 0) is 62.4 Å². The van der Waals surface area contributed by atoms with Crippen molar-refractivity contribution in [3.63, 3.8) is 0 Å². The maximum absolute atomic E-state index is 13.1. The molecule has 142 valence electrons. The predicted octanol–water partition coefficient (Wildman–Crippen LogP) is 3.21. The van der Waals surface area contributed by atoms with Crippen LogP contribution in [0, 0.1) is 5.82 Å². The Labute approximate surface area is 156 Å². The molecule has 6 nitrogen and oxygen atoms in total. The van der Waals surface area contributed by atoms with Crippen LogP contribution in [0.1, 0.15) is 34.6 Å². The first-order valence-corrected chi connectivity index (χ1v) is 8.46. The van der Waals surface area contributed by atoms with Crippen molar-refractivity contribution in [2.75, 3.05) is 24.7 Å². The minimum Gasteiger partial charge on any atom is -0.465 e. The highest BCUT2D eigenvalue weighted by Crippen LogP contribution is 2.19. The van der Waals surface area contributed by atoms with Gasteiger partial charge in [-0.3, -0.25) is 14.5 Å². The van der Waals surface area contributed by atoms with Gasteiger partial charge in [0.15, 0.2) is 0 Å². The molecule has 0 aliphatic rings. The van der Waals surface area contributed by atoms with Crippen LogP contribution >= 0.6 is 0 Å². The zero-order valence-electron chi connectivity index (χ0n) is 15.1. The SMILES string of the molecule is CCOC(=O)CN(C(=O)c1ccc(F)cc1)c1ccc(C(=O)OCC)cc1. The standard InChI is InChI=1S/C20H20FNO5/c1-3-26-18(23)13-22(19(24)14-5-9-16(21)10-6-14)17-11-7-15(8-12-17)20(25)27-4-2/h5-12H,3-4,13H2,1-2H3. The number of nitrogens with zero attached hydrogens (tertiary/aromatic N) is 1. The maximum atomic E-state index is 13.1. The fourth-order valence-electron chi connectivity index (χ4n) is 2.36. The van der Waals surface area contributed by atoms with E-state index in [1.54, 1.807) is 13.8 Å². The molecule has 0 aliphatic carbocycles. The highest BCUT2D eigenvalue weighted by atomic mass is 19.1. The molecule has 2 aromatic rings. The van der Waals surface area contributed by atoms with E-state index in [1.165, 1.54) is 53.4 Å². The lowest BCUT2D eigenvalue weighted by Gasteiger charge is -2.22. The molecule has 0 radical (unpaired) electrons. The van der Waals surface area contributed by atoms with Crippen molar-refractivity contribution in [1.29, 1.82) is 0 Å². The largest absolute Gasteiger partial charge is 0.465 e. The van der Waals surface area contributed by atoms with Gasteiger partial charge in [0.25, 0.3) is 5.91 Å². The molecule has 1 amide bonds. The lowest BCUT2D eigenvalue weighted by atomic mass is 10.1. The second-order valence-corrected chi connectivity index (χ2v) is 5.47. The van der Waals surface area contributed by atoms with Crippen LogP contribution in [0.15, 0.2) is 48.5 Å². The molecular formula is C20H20FNO5. The third-order valence-corrected chi connectivity index (χ3v) is 3.62. The monoisotopic (exact) mass is 373 g/mol. The van der Waals surface area contributed by atoms with Gasteiger partial charge < -0.3 is 9.47 Å². The predicted molar refractivity (Wildman–Crippen MR) is 97.1 cm³/mol. The van der Waals surface area contributed by atoms with Crippen molar-refractivity contribution in [3.8, 4) is 0 Å². The summed E-state index contributed by atoms with van der Waals surface area (Å²) in [5, 5.41) is 0. The van der Waals surface area contributed by atoms with Crippen LogP contribution in [0.4, 0.5) is 10.1 Å². The zero-order chi connectivity index (χ0) is 19.8. The third kappa shape index (κ3) is 5.37. The maximum Gasteiger partial charge on any atom is 0.338 e. The second-order valence-electron chi connectivity index (χ2n) is 5.47. The lowest BCUT2D eigenvalue weighted by Crippen LogP contribution is -2.36. The van der Waals surface area contributed by atoms with Gasteiger partial charge in [-0.2, -0.15) is 0 Å². The third-order valence-electron chi connectivity index (χ3n) is 3.62. The highest BCUT2D eigenvalue weighted by molar-refractivity contribution is 6.08. The summed E-state index contributed by atoms with van der Waals surface area (Å²) in [6.45, 7) is 3.48. The Kier molecular flexibility index (Phi) is 7.05. The van der Waals surface area contributed by atoms with Crippen molar-refractivity contribution in [2.24, 2.45) is 0 Å². The van der Waals surface area contributed by atoms with Crippen molar-refractivity contribution in [1.82, 2.24) is 0 Å².